The van der Waals surface area contributed by atoms with E-state index in [0.29, 0.717) is 12.3 Å². The van der Waals surface area contributed by atoms with Gasteiger partial charge in [0.25, 0.3) is 0 Å². The summed E-state index contributed by atoms with van der Waals surface area (Å²) in [6.45, 7) is 18.1. The van der Waals surface area contributed by atoms with E-state index >= 15 is 0 Å². The molecule has 0 aromatic carbocycles. The van der Waals surface area contributed by atoms with Crippen LogP contribution < -0.4 is 10.6 Å². The molecule has 2 N–H and O–H groups in total. The summed E-state index contributed by atoms with van der Waals surface area (Å²) in [6.07, 6.45) is 3.02. The highest BCUT2D eigenvalue weighted by molar-refractivity contribution is 5.94. The van der Waals surface area contributed by atoms with Gasteiger partial charge in [-0.1, -0.05) is 54.7 Å². The molecule has 0 aliphatic heterocycles. The van der Waals surface area contributed by atoms with Gasteiger partial charge >= 0.3 is 0 Å². The van der Waals surface area contributed by atoms with Crippen molar-refractivity contribution in [1.29, 1.82) is 0 Å². The number of rotatable bonds is 10. The van der Waals surface area contributed by atoms with Crippen LogP contribution in [0.2, 0.25) is 0 Å². The van der Waals surface area contributed by atoms with Crippen molar-refractivity contribution in [2.24, 2.45) is 17.8 Å². The minimum absolute atomic E-state index is 0.0277. The maximum Gasteiger partial charge on any atom is 0.243 e. The van der Waals surface area contributed by atoms with Gasteiger partial charge in [0.15, 0.2) is 11.6 Å². The summed E-state index contributed by atoms with van der Waals surface area (Å²) in [7, 11) is 0. The molecule has 0 spiro atoms. The third-order valence-electron chi connectivity index (χ3n) is 3.39. The molecule has 0 bridgehead atoms. The fourth-order valence-electron chi connectivity index (χ4n) is 1.80. The zero-order valence-electron chi connectivity index (χ0n) is 16.9. The first-order chi connectivity index (χ1) is 12.0. The van der Waals surface area contributed by atoms with Gasteiger partial charge in [0.2, 0.25) is 11.8 Å². The Morgan fingerprint density at radius 2 is 1.35 bits per heavy atom. The molecular formula is C20H34N2O4. The Hall–Kier alpha value is -2.24. The largest absolute Gasteiger partial charge is 0.345 e. The summed E-state index contributed by atoms with van der Waals surface area (Å²) in [6, 6.07) is -0.379. The molecule has 26 heavy (non-hydrogen) atoms. The summed E-state index contributed by atoms with van der Waals surface area (Å²) in [5.74, 6) is -0.186. The average Bonchev–Trinajstić information content (AvgIpc) is 2.57. The Bertz CT molecular complexity index is 508. The number of ketones is 2. The van der Waals surface area contributed by atoms with E-state index in [9.17, 15) is 19.2 Å². The highest BCUT2D eigenvalue weighted by atomic mass is 16.2. The average molecular weight is 367 g/mol. The van der Waals surface area contributed by atoms with Gasteiger partial charge < -0.3 is 10.6 Å². The van der Waals surface area contributed by atoms with Crippen molar-refractivity contribution in [3.8, 4) is 0 Å². The summed E-state index contributed by atoms with van der Waals surface area (Å²) in [5.41, 5.74) is 0. The molecule has 0 saturated heterocycles. The quantitative estimate of drug-likeness (QED) is 0.581. The Morgan fingerprint density at radius 3 is 1.69 bits per heavy atom. The first kappa shape index (κ1) is 26.0. The van der Waals surface area contributed by atoms with Crippen molar-refractivity contribution in [3.05, 3.63) is 25.3 Å². The number of hydrogen-bond donors (Lipinski definition) is 2. The maximum atomic E-state index is 11.8. The lowest BCUT2D eigenvalue weighted by atomic mass is 9.94. The minimum Gasteiger partial charge on any atom is -0.345 e. The van der Waals surface area contributed by atoms with E-state index in [1.807, 2.05) is 27.7 Å². The van der Waals surface area contributed by atoms with Gasteiger partial charge in [-0.15, -0.1) is 0 Å². The number of hydrogen-bond acceptors (Lipinski definition) is 4. The minimum atomic E-state index is -0.379. The van der Waals surface area contributed by atoms with E-state index in [1.165, 1.54) is 6.08 Å². The predicted octanol–water partition coefficient (Wildman–Crippen LogP) is 2.44. The third-order valence-corrected chi connectivity index (χ3v) is 3.39. The summed E-state index contributed by atoms with van der Waals surface area (Å²) in [4.78, 5) is 44.4. The smallest absolute Gasteiger partial charge is 0.243 e. The molecule has 0 aliphatic carbocycles. The van der Waals surface area contributed by atoms with Gasteiger partial charge in [-0.3, -0.25) is 19.2 Å². The highest BCUT2D eigenvalue weighted by Gasteiger charge is 2.22. The summed E-state index contributed by atoms with van der Waals surface area (Å²) < 4.78 is 0. The zero-order chi connectivity index (χ0) is 20.9. The fraction of sp³-hybridized carbons (Fsp3) is 0.600. The molecule has 148 valence electrons. The van der Waals surface area contributed by atoms with Gasteiger partial charge in [0, 0.05) is 11.8 Å². The van der Waals surface area contributed by atoms with Crippen molar-refractivity contribution in [2.45, 2.75) is 54.0 Å². The number of amides is 2. The molecule has 0 heterocycles. The number of carbonyl (C=O) groups excluding carboxylic acids is 4. The second kappa shape index (κ2) is 14.0. The van der Waals surface area contributed by atoms with Gasteiger partial charge in [0.1, 0.15) is 0 Å². The fourth-order valence-corrected chi connectivity index (χ4v) is 1.80. The van der Waals surface area contributed by atoms with Crippen molar-refractivity contribution >= 4 is 23.4 Å². The van der Waals surface area contributed by atoms with Crippen LogP contribution in [0.15, 0.2) is 25.3 Å². The lowest BCUT2D eigenvalue weighted by Crippen LogP contribution is -2.42. The van der Waals surface area contributed by atoms with Gasteiger partial charge in [0.05, 0.1) is 12.6 Å². The van der Waals surface area contributed by atoms with Crippen LogP contribution in [-0.2, 0) is 19.2 Å². The molecule has 0 aliphatic rings. The molecule has 6 heteroatoms. The van der Waals surface area contributed by atoms with Crippen molar-refractivity contribution in [1.82, 2.24) is 10.6 Å². The molecular weight excluding hydrogens is 332 g/mol. The van der Waals surface area contributed by atoms with E-state index < -0.39 is 0 Å². The molecule has 6 nitrogen and oxygen atoms in total. The standard InChI is InChI=1S/C12H21NO2.C8H13NO2/c1-6-11(14)13-10(7-8(2)3)12(15)9(4)5;1-4-8(11)9-5-7(10)6(2)3/h6,8-10H,1,7H2,2-5H3,(H,13,14);4,6H,1,5H2,2-3H3,(H,9,11). The van der Waals surface area contributed by atoms with E-state index in [-0.39, 0.29) is 47.8 Å². The van der Waals surface area contributed by atoms with E-state index in [2.05, 4.69) is 23.8 Å². The molecule has 1 unspecified atom stereocenters. The van der Waals surface area contributed by atoms with E-state index in [4.69, 9.17) is 0 Å². The van der Waals surface area contributed by atoms with Crippen LogP contribution in [-0.4, -0.2) is 36.0 Å². The maximum absolute atomic E-state index is 11.8. The SMILES string of the molecule is C=CC(=O)NC(CC(C)C)C(=O)C(C)C.C=CC(=O)NCC(=O)C(C)C. The Kier molecular flexibility index (Phi) is 14.0. The van der Waals surface area contributed by atoms with Gasteiger partial charge in [-0.25, -0.2) is 0 Å². The second-order valence-corrected chi connectivity index (χ2v) is 6.99. The molecule has 0 radical (unpaired) electrons. The first-order valence-electron chi connectivity index (χ1n) is 8.85. The highest BCUT2D eigenvalue weighted by Crippen LogP contribution is 2.10. The van der Waals surface area contributed by atoms with Crippen LogP contribution in [0, 0.1) is 17.8 Å². The molecule has 0 fully saturated rings. The number of nitrogens with one attached hydrogen (secondary N) is 2. The normalized spacial score (nSPS) is 11.3. The van der Waals surface area contributed by atoms with Crippen LogP contribution >= 0.6 is 0 Å². The molecule has 0 aromatic heterocycles. The van der Waals surface area contributed by atoms with Crippen LogP contribution in [0.4, 0.5) is 0 Å². The first-order valence-corrected chi connectivity index (χ1v) is 8.85. The van der Waals surface area contributed by atoms with Gasteiger partial charge in [-0.05, 0) is 24.5 Å². The van der Waals surface area contributed by atoms with Gasteiger partial charge in [-0.2, -0.15) is 0 Å². The van der Waals surface area contributed by atoms with Crippen LogP contribution in [0.25, 0.3) is 0 Å². The molecule has 0 rings (SSSR count). The third kappa shape index (κ3) is 13.1. The number of Topliss-reactive ketones (excluding diaryl/α,β-unsaturated/α-hetero) is 2. The van der Waals surface area contributed by atoms with E-state index in [1.54, 1.807) is 13.8 Å². The van der Waals surface area contributed by atoms with Crippen LogP contribution in [0.3, 0.4) is 0 Å². The molecule has 0 saturated carbocycles. The predicted molar refractivity (Wildman–Crippen MR) is 104 cm³/mol. The van der Waals surface area contributed by atoms with Crippen molar-refractivity contribution in [2.75, 3.05) is 6.54 Å². The lowest BCUT2D eigenvalue weighted by molar-refractivity contribution is -0.128. The van der Waals surface area contributed by atoms with Crippen LogP contribution in [0.5, 0.6) is 0 Å². The monoisotopic (exact) mass is 366 g/mol. The summed E-state index contributed by atoms with van der Waals surface area (Å²) >= 11 is 0. The lowest BCUT2D eigenvalue weighted by Gasteiger charge is -2.20. The van der Waals surface area contributed by atoms with Crippen LogP contribution in [0.1, 0.15) is 48.0 Å². The Morgan fingerprint density at radius 1 is 0.846 bits per heavy atom. The molecule has 0 aromatic rings. The van der Waals surface area contributed by atoms with Crippen molar-refractivity contribution in [3.63, 3.8) is 0 Å². The van der Waals surface area contributed by atoms with E-state index in [0.717, 1.165) is 6.08 Å². The molecule has 2 amide bonds. The molecule has 1 atom stereocenters. The topological polar surface area (TPSA) is 92.3 Å². The summed E-state index contributed by atoms with van der Waals surface area (Å²) in [5, 5.41) is 5.08. The Labute approximate surface area is 157 Å². The zero-order valence-corrected chi connectivity index (χ0v) is 16.9. The Balaban J connectivity index is 0. The second-order valence-electron chi connectivity index (χ2n) is 6.99. The number of carbonyl (C=O) groups is 4. The van der Waals surface area contributed by atoms with Crippen molar-refractivity contribution < 1.29 is 19.2 Å².